The highest BCUT2D eigenvalue weighted by Crippen LogP contribution is 2.26. The molecule has 3 rings (SSSR count). The molecule has 0 saturated carbocycles. The van der Waals surface area contributed by atoms with Crippen molar-refractivity contribution in [2.75, 3.05) is 17.5 Å². The van der Waals surface area contributed by atoms with E-state index >= 15 is 0 Å². The molecule has 34 heavy (non-hydrogen) atoms. The molecule has 0 bridgehead atoms. The Labute approximate surface area is 202 Å². The highest BCUT2D eigenvalue weighted by molar-refractivity contribution is 7.92. The van der Waals surface area contributed by atoms with E-state index in [0.29, 0.717) is 18.0 Å². The number of ether oxygens (including phenoxy) is 1. The van der Waals surface area contributed by atoms with Crippen LogP contribution in [0.3, 0.4) is 0 Å². The second kappa shape index (κ2) is 11.2. The third-order valence-electron chi connectivity index (χ3n) is 5.60. The van der Waals surface area contributed by atoms with E-state index in [0.717, 1.165) is 21.9 Å². The zero-order valence-electron chi connectivity index (χ0n) is 20.1. The van der Waals surface area contributed by atoms with Crippen LogP contribution < -0.4 is 14.4 Å². The Hall–Kier alpha value is -3.32. The van der Waals surface area contributed by atoms with Crippen LogP contribution in [0.15, 0.2) is 77.7 Å². The van der Waals surface area contributed by atoms with E-state index in [4.69, 9.17) is 4.74 Å². The van der Waals surface area contributed by atoms with Gasteiger partial charge in [-0.05, 0) is 74.7 Å². The van der Waals surface area contributed by atoms with Gasteiger partial charge in [0.05, 0.1) is 23.2 Å². The van der Waals surface area contributed by atoms with Crippen molar-refractivity contribution in [2.24, 2.45) is 0 Å². The smallest absolute Gasteiger partial charge is 0.264 e. The summed E-state index contributed by atoms with van der Waals surface area (Å²) in [6, 6.07) is 21.1. The standard InChI is InChI=1S/C27H32N2O4S/c1-5-22-9-11-23(12-10-22)21(4)28-27(30)19-29(24-13-7-20(3)8-14-24)34(31,32)26-17-15-25(16-18-26)33-6-2/h7-18,21H,5-6,19H2,1-4H3,(H,28,30)/t21-/m1/s1. The maximum atomic E-state index is 13.6. The summed E-state index contributed by atoms with van der Waals surface area (Å²) >= 11 is 0. The lowest BCUT2D eigenvalue weighted by atomic mass is 10.1. The normalized spacial score (nSPS) is 12.1. The van der Waals surface area contributed by atoms with E-state index in [1.165, 1.54) is 17.7 Å². The monoisotopic (exact) mass is 480 g/mol. The number of hydrogen-bond acceptors (Lipinski definition) is 4. The van der Waals surface area contributed by atoms with Gasteiger partial charge >= 0.3 is 0 Å². The molecular formula is C27H32N2O4S. The molecule has 1 atom stereocenters. The minimum absolute atomic E-state index is 0.0903. The number of amides is 1. The number of carbonyl (C=O) groups excluding carboxylic acids is 1. The van der Waals surface area contributed by atoms with Gasteiger partial charge in [-0.1, -0.05) is 48.9 Å². The highest BCUT2D eigenvalue weighted by Gasteiger charge is 2.28. The van der Waals surface area contributed by atoms with E-state index in [1.807, 2.05) is 57.2 Å². The molecule has 0 aliphatic heterocycles. The molecule has 0 aromatic heterocycles. The first-order chi connectivity index (χ1) is 16.2. The lowest BCUT2D eigenvalue weighted by Gasteiger charge is -2.25. The summed E-state index contributed by atoms with van der Waals surface area (Å²) in [4.78, 5) is 13.1. The third kappa shape index (κ3) is 6.17. The number of anilines is 1. The van der Waals surface area contributed by atoms with Gasteiger partial charge in [0.15, 0.2) is 0 Å². The molecule has 0 unspecified atom stereocenters. The Morgan fingerprint density at radius 2 is 1.56 bits per heavy atom. The summed E-state index contributed by atoms with van der Waals surface area (Å²) in [7, 11) is -3.99. The van der Waals surface area contributed by atoms with Gasteiger partial charge in [-0.2, -0.15) is 0 Å². The van der Waals surface area contributed by atoms with Gasteiger partial charge in [0.2, 0.25) is 5.91 Å². The zero-order chi connectivity index (χ0) is 24.7. The summed E-state index contributed by atoms with van der Waals surface area (Å²) in [5, 5.41) is 2.93. The van der Waals surface area contributed by atoms with Gasteiger partial charge in [-0.25, -0.2) is 8.42 Å². The maximum Gasteiger partial charge on any atom is 0.264 e. The Morgan fingerprint density at radius 3 is 2.12 bits per heavy atom. The van der Waals surface area contributed by atoms with Crippen LogP contribution in [-0.4, -0.2) is 27.5 Å². The Kier molecular flexibility index (Phi) is 8.34. The molecule has 0 aliphatic rings. The number of aryl methyl sites for hydroxylation is 2. The van der Waals surface area contributed by atoms with Gasteiger partial charge in [-0.15, -0.1) is 0 Å². The van der Waals surface area contributed by atoms with Crippen LogP contribution in [0.25, 0.3) is 0 Å². The molecule has 0 fully saturated rings. The second-order valence-electron chi connectivity index (χ2n) is 8.14. The van der Waals surface area contributed by atoms with Crippen LogP contribution in [0.1, 0.15) is 43.5 Å². The second-order valence-corrected chi connectivity index (χ2v) is 10.00. The van der Waals surface area contributed by atoms with Gasteiger partial charge < -0.3 is 10.1 Å². The maximum absolute atomic E-state index is 13.6. The fourth-order valence-corrected chi connectivity index (χ4v) is 4.99. The van der Waals surface area contributed by atoms with E-state index in [-0.39, 0.29) is 23.4 Å². The fraction of sp³-hybridized carbons (Fsp3) is 0.296. The molecule has 0 heterocycles. The van der Waals surface area contributed by atoms with Crippen molar-refractivity contribution in [3.63, 3.8) is 0 Å². The van der Waals surface area contributed by atoms with Crippen molar-refractivity contribution in [3.8, 4) is 5.75 Å². The first-order valence-corrected chi connectivity index (χ1v) is 12.9. The van der Waals surface area contributed by atoms with Crippen LogP contribution in [0.4, 0.5) is 5.69 Å². The third-order valence-corrected chi connectivity index (χ3v) is 7.39. The lowest BCUT2D eigenvalue weighted by Crippen LogP contribution is -2.41. The van der Waals surface area contributed by atoms with E-state index in [1.54, 1.807) is 24.3 Å². The molecule has 0 aliphatic carbocycles. The minimum Gasteiger partial charge on any atom is -0.494 e. The zero-order valence-corrected chi connectivity index (χ0v) is 20.9. The first kappa shape index (κ1) is 25.3. The number of hydrogen-bond donors (Lipinski definition) is 1. The van der Waals surface area contributed by atoms with Gasteiger partial charge in [0.1, 0.15) is 12.3 Å². The van der Waals surface area contributed by atoms with Crippen molar-refractivity contribution >= 4 is 21.6 Å². The largest absolute Gasteiger partial charge is 0.494 e. The highest BCUT2D eigenvalue weighted by atomic mass is 32.2. The molecule has 7 heteroatoms. The molecule has 1 N–H and O–H groups in total. The number of rotatable bonds is 10. The molecule has 180 valence electrons. The first-order valence-electron chi connectivity index (χ1n) is 11.4. The summed E-state index contributed by atoms with van der Waals surface area (Å²) in [5.41, 5.74) is 3.60. The van der Waals surface area contributed by atoms with Crippen LogP contribution >= 0.6 is 0 Å². The Bertz CT molecular complexity index is 1190. The predicted molar refractivity (Wildman–Crippen MR) is 136 cm³/mol. The SMILES string of the molecule is CCOc1ccc(S(=O)(=O)N(CC(=O)N[C@H](C)c2ccc(CC)cc2)c2ccc(C)cc2)cc1. The molecule has 0 saturated heterocycles. The van der Waals surface area contributed by atoms with Crippen molar-refractivity contribution in [2.45, 2.75) is 45.1 Å². The average Bonchev–Trinajstić information content (AvgIpc) is 2.83. The molecule has 3 aromatic carbocycles. The Balaban J connectivity index is 1.85. The predicted octanol–water partition coefficient (Wildman–Crippen LogP) is 5.03. The number of carbonyl (C=O) groups is 1. The van der Waals surface area contributed by atoms with Gasteiger partial charge in [-0.3, -0.25) is 9.10 Å². The minimum atomic E-state index is -3.99. The number of nitrogens with one attached hydrogen (secondary N) is 1. The van der Waals surface area contributed by atoms with Crippen LogP contribution in [0, 0.1) is 6.92 Å². The van der Waals surface area contributed by atoms with E-state index in [2.05, 4.69) is 12.2 Å². The molecule has 3 aromatic rings. The molecule has 0 radical (unpaired) electrons. The van der Waals surface area contributed by atoms with Crippen LogP contribution in [0.5, 0.6) is 5.75 Å². The van der Waals surface area contributed by atoms with Gasteiger partial charge in [0, 0.05) is 0 Å². The van der Waals surface area contributed by atoms with E-state index < -0.39 is 10.0 Å². The van der Waals surface area contributed by atoms with E-state index in [9.17, 15) is 13.2 Å². The van der Waals surface area contributed by atoms with Crippen molar-refractivity contribution < 1.29 is 17.9 Å². The summed E-state index contributed by atoms with van der Waals surface area (Å²) < 4.78 is 33.7. The molecule has 1 amide bonds. The van der Waals surface area contributed by atoms with Crippen molar-refractivity contribution in [3.05, 3.63) is 89.5 Å². The quantitative estimate of drug-likeness (QED) is 0.442. The number of benzene rings is 3. The lowest BCUT2D eigenvalue weighted by molar-refractivity contribution is -0.120. The molecular weight excluding hydrogens is 448 g/mol. The van der Waals surface area contributed by atoms with Crippen molar-refractivity contribution in [1.29, 1.82) is 0 Å². The number of nitrogens with zero attached hydrogens (tertiary/aromatic N) is 1. The molecule has 0 spiro atoms. The summed E-state index contributed by atoms with van der Waals surface area (Å²) in [6.07, 6.45) is 0.940. The Morgan fingerprint density at radius 1 is 0.941 bits per heavy atom. The topological polar surface area (TPSA) is 75.7 Å². The van der Waals surface area contributed by atoms with Crippen molar-refractivity contribution in [1.82, 2.24) is 5.32 Å². The average molecular weight is 481 g/mol. The van der Waals surface area contributed by atoms with Gasteiger partial charge in [0.25, 0.3) is 10.0 Å². The summed E-state index contributed by atoms with van der Waals surface area (Å²) in [5.74, 6) is 0.200. The fourth-order valence-electron chi connectivity index (χ4n) is 3.57. The molecule has 6 nitrogen and oxygen atoms in total. The number of sulfonamides is 1. The van der Waals surface area contributed by atoms with Crippen LogP contribution in [0.2, 0.25) is 0 Å². The van der Waals surface area contributed by atoms with Crippen LogP contribution in [-0.2, 0) is 21.2 Å². The summed E-state index contributed by atoms with van der Waals surface area (Å²) in [6.45, 7) is 7.91.